The number of hydrogen-bond acceptors (Lipinski definition) is 2. The summed E-state index contributed by atoms with van der Waals surface area (Å²) >= 11 is 0. The predicted octanol–water partition coefficient (Wildman–Crippen LogP) is 2.06. The van der Waals surface area contributed by atoms with Crippen molar-refractivity contribution in [1.29, 1.82) is 0 Å². The fourth-order valence-corrected chi connectivity index (χ4v) is 1.27. The second-order valence-electron chi connectivity index (χ2n) is 2.81. The third kappa shape index (κ3) is 1.37. The monoisotopic (exact) mass is 179 g/mol. The lowest BCUT2D eigenvalue weighted by Gasteiger charge is -1.96. The molecular weight excluding hydrogens is 164 g/mol. The van der Waals surface area contributed by atoms with Crippen LogP contribution in [-0.4, -0.2) is 16.8 Å². The van der Waals surface area contributed by atoms with E-state index in [-0.39, 0.29) is 0 Å². The molecule has 0 fully saturated rings. The average molecular weight is 179 g/mol. The van der Waals surface area contributed by atoms with E-state index in [1.807, 2.05) is 13.1 Å². The van der Waals surface area contributed by atoms with Crippen molar-refractivity contribution in [1.82, 2.24) is 9.78 Å². The smallest absolute Gasteiger partial charge is 0.121 e. The van der Waals surface area contributed by atoms with Crippen molar-refractivity contribution in [3.8, 4) is 5.75 Å². The minimum atomic E-state index is -2.42. The topological polar surface area (TPSA) is 27.1 Å². The van der Waals surface area contributed by atoms with Gasteiger partial charge in [0.1, 0.15) is 5.75 Å². The first-order chi connectivity index (χ1) is 7.48. The Bertz CT molecular complexity index is 504. The highest BCUT2D eigenvalue weighted by atomic mass is 16.5. The predicted molar refractivity (Wildman–Crippen MR) is 52.0 cm³/mol. The molecule has 0 atom stereocenters. The van der Waals surface area contributed by atoms with Crippen LogP contribution < -0.4 is 4.74 Å². The summed E-state index contributed by atoms with van der Waals surface area (Å²) in [5, 5.41) is 5.25. The van der Waals surface area contributed by atoms with Gasteiger partial charge >= 0.3 is 0 Å². The number of methoxy groups -OCH3 is 1. The summed E-state index contributed by atoms with van der Waals surface area (Å²) < 4.78 is 27.6. The van der Waals surface area contributed by atoms with Crippen LogP contribution in [0.2, 0.25) is 0 Å². The summed E-state index contributed by atoms with van der Waals surface area (Å²) in [5.41, 5.74) is 0.739. The third-order valence-corrected chi connectivity index (χ3v) is 1.97. The van der Waals surface area contributed by atoms with Gasteiger partial charge in [-0.15, -0.1) is 0 Å². The van der Waals surface area contributed by atoms with E-state index < -0.39 is 7.04 Å². The van der Waals surface area contributed by atoms with Crippen LogP contribution in [0.5, 0.6) is 5.75 Å². The zero-order valence-corrected chi connectivity index (χ0v) is 7.32. The van der Waals surface area contributed by atoms with E-state index in [1.54, 1.807) is 22.9 Å². The number of hydrogen-bond donors (Lipinski definition) is 0. The Kier molecular flexibility index (Phi) is 1.25. The van der Waals surface area contributed by atoms with Gasteiger partial charge in [-0.2, -0.15) is 5.10 Å². The van der Waals surface area contributed by atoms with Crippen LogP contribution in [0.1, 0.15) is 11.0 Å². The number of rotatable bonds is 2. The second-order valence-corrected chi connectivity index (χ2v) is 2.81. The molecule has 0 unspecified atom stereocenters. The minimum Gasteiger partial charge on any atom is -0.497 e. The summed E-state index contributed by atoms with van der Waals surface area (Å²) in [5.74, 6) is 0.314. The highest BCUT2D eigenvalue weighted by molar-refractivity contribution is 5.79. The third-order valence-electron chi connectivity index (χ3n) is 1.97. The van der Waals surface area contributed by atoms with E-state index in [9.17, 15) is 0 Å². The van der Waals surface area contributed by atoms with Crippen LogP contribution in [-0.2, 0) is 6.54 Å². The number of ether oxygens (including phenoxy) is 1. The van der Waals surface area contributed by atoms with E-state index in [1.165, 1.54) is 0 Å². The van der Waals surface area contributed by atoms with Crippen molar-refractivity contribution < 1.29 is 8.85 Å². The maximum Gasteiger partial charge on any atom is 0.121 e. The number of benzene rings is 1. The summed E-state index contributed by atoms with van der Waals surface area (Å²) in [4.78, 5) is 0. The van der Waals surface area contributed by atoms with Crippen LogP contribution in [0.15, 0.2) is 24.4 Å². The SMILES string of the molecule is [2H]C([2H])([2H])Oc1ccc2cn(CC)nc2c1. The molecule has 0 aliphatic rings. The van der Waals surface area contributed by atoms with Crippen LogP contribution in [0, 0.1) is 0 Å². The van der Waals surface area contributed by atoms with Gasteiger partial charge in [0.15, 0.2) is 0 Å². The average Bonchev–Trinajstić information content (AvgIpc) is 2.57. The molecule has 0 aliphatic carbocycles. The largest absolute Gasteiger partial charge is 0.497 e. The van der Waals surface area contributed by atoms with Crippen LogP contribution in [0.3, 0.4) is 0 Å². The molecule has 1 aromatic heterocycles. The molecule has 0 spiro atoms. The standard InChI is InChI=1S/C10H12N2O/c1-3-12-7-8-4-5-9(13-2)6-10(8)11-12/h4-7H,3H2,1-2H3/i2D3. The van der Waals surface area contributed by atoms with Crippen molar-refractivity contribution in [3.63, 3.8) is 0 Å². The molecule has 2 aromatic rings. The molecule has 1 aromatic carbocycles. The number of aryl methyl sites for hydroxylation is 1. The molecule has 2 rings (SSSR count). The summed E-state index contributed by atoms with van der Waals surface area (Å²) in [7, 11) is -2.42. The van der Waals surface area contributed by atoms with Crippen molar-refractivity contribution >= 4 is 10.9 Å². The highest BCUT2D eigenvalue weighted by Crippen LogP contribution is 2.18. The van der Waals surface area contributed by atoms with Gasteiger partial charge in [0, 0.05) is 24.2 Å². The number of nitrogens with zero attached hydrogens (tertiary/aromatic N) is 2. The van der Waals surface area contributed by atoms with Gasteiger partial charge in [-0.3, -0.25) is 4.68 Å². The molecule has 0 aliphatic heterocycles. The van der Waals surface area contributed by atoms with Gasteiger partial charge in [-0.1, -0.05) is 0 Å². The zero-order valence-electron chi connectivity index (χ0n) is 10.3. The molecule has 13 heavy (non-hydrogen) atoms. The molecule has 3 heteroatoms. The van der Waals surface area contributed by atoms with Crippen LogP contribution in [0.4, 0.5) is 0 Å². The molecule has 0 radical (unpaired) electrons. The van der Waals surface area contributed by atoms with E-state index in [2.05, 4.69) is 5.10 Å². The Morgan fingerprint density at radius 1 is 1.62 bits per heavy atom. The van der Waals surface area contributed by atoms with Crippen molar-refractivity contribution in [2.24, 2.45) is 0 Å². The minimum absolute atomic E-state index is 0.314. The lowest BCUT2D eigenvalue weighted by molar-refractivity contribution is 0.415. The lowest BCUT2D eigenvalue weighted by atomic mass is 10.2. The maximum atomic E-state index is 7.00. The van der Waals surface area contributed by atoms with Gasteiger partial charge < -0.3 is 4.74 Å². The summed E-state index contributed by atoms with van der Waals surface area (Å²) in [6, 6.07) is 5.07. The zero-order chi connectivity index (χ0) is 11.8. The molecule has 0 saturated heterocycles. The molecule has 0 saturated carbocycles. The Morgan fingerprint density at radius 2 is 2.54 bits per heavy atom. The second kappa shape index (κ2) is 3.09. The molecule has 3 nitrogen and oxygen atoms in total. The van der Waals surface area contributed by atoms with Gasteiger partial charge in [-0.05, 0) is 19.1 Å². The van der Waals surface area contributed by atoms with E-state index in [0.717, 1.165) is 17.4 Å². The van der Waals surface area contributed by atoms with Gasteiger partial charge in [0.25, 0.3) is 0 Å². The number of fused-ring (bicyclic) bond motifs is 1. The van der Waals surface area contributed by atoms with E-state index in [4.69, 9.17) is 8.85 Å². The first-order valence-corrected chi connectivity index (χ1v) is 4.14. The van der Waals surface area contributed by atoms with E-state index in [0.29, 0.717) is 5.75 Å². The Labute approximate surface area is 81.1 Å². The Balaban J connectivity index is 2.36. The Morgan fingerprint density at radius 3 is 3.31 bits per heavy atom. The normalized spacial score (nSPS) is 15.0. The Hall–Kier alpha value is -1.51. The van der Waals surface area contributed by atoms with Crippen molar-refractivity contribution in [2.45, 2.75) is 13.5 Å². The molecule has 0 N–H and O–H groups in total. The fourth-order valence-electron chi connectivity index (χ4n) is 1.27. The van der Waals surface area contributed by atoms with Crippen LogP contribution >= 0.6 is 0 Å². The van der Waals surface area contributed by atoms with Crippen molar-refractivity contribution in [3.05, 3.63) is 24.4 Å². The molecule has 0 amide bonds. The van der Waals surface area contributed by atoms with Gasteiger partial charge in [0.2, 0.25) is 0 Å². The van der Waals surface area contributed by atoms with Gasteiger partial charge in [0.05, 0.1) is 16.7 Å². The quantitative estimate of drug-likeness (QED) is 0.705. The molecule has 0 bridgehead atoms. The van der Waals surface area contributed by atoms with Crippen molar-refractivity contribution in [2.75, 3.05) is 7.04 Å². The highest BCUT2D eigenvalue weighted by Gasteiger charge is 2.00. The first kappa shape index (κ1) is 5.27. The molecular formula is C10H12N2O. The maximum absolute atomic E-state index is 7.00. The first-order valence-electron chi connectivity index (χ1n) is 5.64. The van der Waals surface area contributed by atoms with Crippen LogP contribution in [0.25, 0.3) is 10.9 Å². The molecule has 68 valence electrons. The molecule has 1 heterocycles. The number of aromatic nitrogens is 2. The summed E-state index contributed by atoms with van der Waals surface area (Å²) in [6.07, 6.45) is 1.91. The van der Waals surface area contributed by atoms with E-state index >= 15 is 0 Å². The lowest BCUT2D eigenvalue weighted by Crippen LogP contribution is -1.92. The summed E-state index contributed by atoms with van der Waals surface area (Å²) in [6.45, 7) is 2.77. The fraction of sp³-hybridized carbons (Fsp3) is 0.300. The van der Waals surface area contributed by atoms with Gasteiger partial charge in [-0.25, -0.2) is 0 Å².